The molecule has 1 aliphatic heterocycles. The van der Waals surface area contributed by atoms with E-state index < -0.39 is 5.41 Å². The molecule has 0 bridgehead atoms. The Labute approximate surface area is 255 Å². The molecule has 6 atom stereocenters. The Hall–Kier alpha value is -2.22. The number of hydrogen-bond donors (Lipinski definition) is 0. The van der Waals surface area contributed by atoms with Gasteiger partial charge < -0.3 is 4.90 Å². The van der Waals surface area contributed by atoms with Gasteiger partial charge in [-0.15, -0.1) is 0 Å². The number of fused-ring (bicyclic) bond motifs is 1. The molecule has 1 saturated heterocycles. The third-order valence-electron chi connectivity index (χ3n) is 13.1. The molecule has 4 aliphatic rings. The van der Waals surface area contributed by atoms with Crippen molar-refractivity contribution in [1.29, 1.82) is 5.26 Å². The van der Waals surface area contributed by atoms with Gasteiger partial charge in [-0.2, -0.15) is 5.26 Å². The summed E-state index contributed by atoms with van der Waals surface area (Å²) in [5.41, 5.74) is 0.878. The number of hydrogen-bond acceptors (Lipinski definition) is 4. The lowest BCUT2D eigenvalue weighted by Crippen LogP contribution is -2.53. The topological polar surface area (TPSA) is 78.2 Å². The number of Topliss-reactive ketones (excluding diaryl/α,β-unsaturated/α-hetero) is 1. The van der Waals surface area contributed by atoms with Crippen LogP contribution in [-0.2, 0) is 14.4 Å². The minimum Gasteiger partial charge on any atom is -0.343 e. The van der Waals surface area contributed by atoms with E-state index in [1.165, 1.54) is 12.8 Å². The standard InChI is InChI=1S/C37H56N2O3/c1-25-22-33(4,5)15-17-37(25,14-12-31(41)39-19-10-20-39)18-16-34(6,7)36(9)13-11-29-27(3)32(42)28(24-38)23-35(29,8)30(36)21-26(2)40/h21,23,25,27,29H,10-20,22H2,1-9H3/b30-21-/t25?,27-,29-,35-,36+,37+/m0/s1. The van der Waals surface area contributed by atoms with E-state index in [1.807, 2.05) is 24.0 Å². The number of carbonyl (C=O) groups excluding carboxylic acids is 3. The highest BCUT2D eigenvalue weighted by Gasteiger charge is 2.58. The van der Waals surface area contributed by atoms with Crippen molar-refractivity contribution in [3.8, 4) is 6.07 Å². The first kappa shape index (κ1) is 32.7. The van der Waals surface area contributed by atoms with Gasteiger partial charge in [0, 0.05) is 30.8 Å². The van der Waals surface area contributed by atoms with E-state index in [-0.39, 0.29) is 45.2 Å². The Morgan fingerprint density at radius 3 is 2.31 bits per heavy atom. The van der Waals surface area contributed by atoms with Crippen molar-refractivity contribution in [3.05, 3.63) is 23.3 Å². The van der Waals surface area contributed by atoms with Crippen LogP contribution >= 0.6 is 0 Å². The van der Waals surface area contributed by atoms with E-state index in [0.717, 1.165) is 63.6 Å². The van der Waals surface area contributed by atoms with Gasteiger partial charge in [0.05, 0.1) is 5.57 Å². The quantitative estimate of drug-likeness (QED) is 0.273. The molecule has 42 heavy (non-hydrogen) atoms. The average molecular weight is 577 g/mol. The minimum absolute atomic E-state index is 0.0227. The molecule has 5 nitrogen and oxygen atoms in total. The second kappa shape index (κ2) is 11.4. The molecule has 0 spiro atoms. The van der Waals surface area contributed by atoms with Crippen molar-refractivity contribution in [2.45, 2.75) is 127 Å². The first-order valence-electron chi connectivity index (χ1n) is 16.6. The third-order valence-corrected chi connectivity index (χ3v) is 13.1. The molecule has 5 heteroatoms. The SMILES string of the molecule is CC(=O)/C=C1/[C@@]2(C)C=C(C#N)C(=O)[C@@H](C)[C@@H]2CC[C@@]1(C)C(C)(C)CC[C@@]1(CCC(=O)N2CCC2)CCC(C)(C)CC1C. The van der Waals surface area contributed by atoms with Crippen LogP contribution in [0.25, 0.3) is 0 Å². The van der Waals surface area contributed by atoms with Crippen molar-refractivity contribution >= 4 is 17.5 Å². The summed E-state index contributed by atoms with van der Waals surface area (Å²) < 4.78 is 0. The molecule has 3 fully saturated rings. The lowest BCUT2D eigenvalue weighted by Gasteiger charge is -2.60. The van der Waals surface area contributed by atoms with Crippen LogP contribution in [-0.4, -0.2) is 35.5 Å². The Morgan fingerprint density at radius 1 is 1.10 bits per heavy atom. The van der Waals surface area contributed by atoms with Gasteiger partial charge >= 0.3 is 0 Å². The van der Waals surface area contributed by atoms with Gasteiger partial charge in [-0.25, -0.2) is 0 Å². The van der Waals surface area contributed by atoms with E-state index >= 15 is 0 Å². The summed E-state index contributed by atoms with van der Waals surface area (Å²) in [6.45, 7) is 21.8. The number of carbonyl (C=O) groups is 3. The van der Waals surface area contributed by atoms with Crippen molar-refractivity contribution in [2.75, 3.05) is 13.1 Å². The summed E-state index contributed by atoms with van der Waals surface area (Å²) >= 11 is 0. The first-order chi connectivity index (χ1) is 19.4. The Balaban J connectivity index is 1.66. The van der Waals surface area contributed by atoms with Gasteiger partial charge in [0.1, 0.15) is 6.07 Å². The smallest absolute Gasteiger partial charge is 0.222 e. The van der Waals surface area contributed by atoms with Crippen LogP contribution in [0.3, 0.4) is 0 Å². The highest BCUT2D eigenvalue weighted by Crippen LogP contribution is 2.66. The number of nitriles is 1. The molecule has 0 aromatic heterocycles. The van der Waals surface area contributed by atoms with Gasteiger partial charge in [0.15, 0.2) is 11.6 Å². The number of allylic oxidation sites excluding steroid dienone is 4. The summed E-state index contributed by atoms with van der Waals surface area (Å²) in [6, 6.07) is 2.17. The fourth-order valence-corrected chi connectivity index (χ4v) is 9.50. The summed E-state index contributed by atoms with van der Waals surface area (Å²) in [5.74, 6) is 0.666. The average Bonchev–Trinajstić information content (AvgIpc) is 2.86. The predicted octanol–water partition coefficient (Wildman–Crippen LogP) is 8.24. The predicted molar refractivity (Wildman–Crippen MR) is 168 cm³/mol. The zero-order valence-electron chi connectivity index (χ0n) is 28.0. The van der Waals surface area contributed by atoms with Crippen LogP contribution in [0.1, 0.15) is 127 Å². The van der Waals surface area contributed by atoms with Crippen molar-refractivity contribution in [1.82, 2.24) is 4.90 Å². The number of rotatable bonds is 8. The van der Waals surface area contributed by atoms with Crippen LogP contribution in [0.2, 0.25) is 0 Å². The van der Waals surface area contributed by atoms with E-state index in [9.17, 15) is 19.6 Å². The molecule has 232 valence electrons. The lowest BCUT2D eigenvalue weighted by molar-refractivity contribution is -0.136. The van der Waals surface area contributed by atoms with Crippen molar-refractivity contribution in [2.24, 2.45) is 44.8 Å². The summed E-state index contributed by atoms with van der Waals surface area (Å²) in [4.78, 5) is 40.8. The molecule has 0 N–H and O–H groups in total. The molecule has 2 saturated carbocycles. The van der Waals surface area contributed by atoms with Gasteiger partial charge in [0.25, 0.3) is 0 Å². The molecule has 1 heterocycles. The molecule has 1 amide bonds. The number of amides is 1. The second-order valence-corrected chi connectivity index (χ2v) is 16.5. The number of ketones is 2. The van der Waals surface area contributed by atoms with Crippen LogP contribution < -0.4 is 0 Å². The maximum atomic E-state index is 13.0. The van der Waals surface area contributed by atoms with Crippen LogP contribution in [0.15, 0.2) is 23.3 Å². The molecule has 4 rings (SSSR count). The fourth-order valence-electron chi connectivity index (χ4n) is 9.50. The maximum absolute atomic E-state index is 13.0. The number of nitrogens with zero attached hydrogens (tertiary/aromatic N) is 2. The Kier molecular flexibility index (Phi) is 8.85. The van der Waals surface area contributed by atoms with Crippen molar-refractivity contribution < 1.29 is 14.4 Å². The largest absolute Gasteiger partial charge is 0.343 e. The van der Waals surface area contributed by atoms with Gasteiger partial charge in [0.2, 0.25) is 5.91 Å². The second-order valence-electron chi connectivity index (χ2n) is 16.5. The molecule has 0 radical (unpaired) electrons. The first-order valence-corrected chi connectivity index (χ1v) is 16.6. The molecular weight excluding hydrogens is 520 g/mol. The summed E-state index contributed by atoms with van der Waals surface area (Å²) in [6.07, 6.45) is 13.9. The van der Waals surface area contributed by atoms with Crippen LogP contribution in [0.4, 0.5) is 0 Å². The monoisotopic (exact) mass is 576 g/mol. The number of likely N-dealkylation sites (tertiary alicyclic amines) is 1. The minimum atomic E-state index is -0.516. The lowest BCUT2D eigenvalue weighted by atomic mass is 9.44. The summed E-state index contributed by atoms with van der Waals surface area (Å²) in [5, 5.41) is 9.85. The molecule has 0 aromatic rings. The van der Waals surface area contributed by atoms with E-state index in [2.05, 4.69) is 54.5 Å². The van der Waals surface area contributed by atoms with Crippen molar-refractivity contribution in [3.63, 3.8) is 0 Å². The highest BCUT2D eigenvalue weighted by atomic mass is 16.2. The van der Waals surface area contributed by atoms with Crippen LogP contribution in [0.5, 0.6) is 0 Å². The zero-order valence-corrected chi connectivity index (χ0v) is 28.0. The highest BCUT2D eigenvalue weighted by molar-refractivity contribution is 6.02. The molecular formula is C37H56N2O3. The Bertz CT molecular complexity index is 1210. The van der Waals surface area contributed by atoms with Crippen LogP contribution in [0, 0.1) is 56.2 Å². The summed E-state index contributed by atoms with van der Waals surface area (Å²) in [7, 11) is 0. The zero-order chi connectivity index (χ0) is 31.3. The molecule has 1 unspecified atom stereocenters. The normalized spacial score (nSPS) is 37.4. The van der Waals surface area contributed by atoms with Gasteiger partial charge in [-0.05, 0) is 104 Å². The molecule has 3 aliphatic carbocycles. The third kappa shape index (κ3) is 5.69. The Morgan fingerprint density at radius 2 is 1.76 bits per heavy atom. The maximum Gasteiger partial charge on any atom is 0.222 e. The van der Waals surface area contributed by atoms with Gasteiger partial charge in [-0.1, -0.05) is 67.0 Å². The molecule has 0 aromatic carbocycles. The van der Waals surface area contributed by atoms with E-state index in [1.54, 1.807) is 6.92 Å². The van der Waals surface area contributed by atoms with Gasteiger partial charge in [-0.3, -0.25) is 14.4 Å². The fraction of sp³-hybridized carbons (Fsp3) is 0.784. The van der Waals surface area contributed by atoms with E-state index in [4.69, 9.17) is 0 Å². The van der Waals surface area contributed by atoms with E-state index in [0.29, 0.717) is 23.7 Å².